The third kappa shape index (κ3) is 5.98. The van der Waals surface area contributed by atoms with Crippen LogP contribution in [-0.4, -0.2) is 16.9 Å². The zero-order chi connectivity index (χ0) is 17.9. The SMILES string of the molecule is CC(C)[C@H](N)C(=O)Nc1ncc(Cc2cccc(C(F)(F)F)c2)s1.Cl. The molecule has 9 heteroatoms. The van der Waals surface area contributed by atoms with E-state index in [1.165, 1.54) is 17.4 Å². The minimum Gasteiger partial charge on any atom is -0.320 e. The van der Waals surface area contributed by atoms with Crippen molar-refractivity contribution in [3.8, 4) is 0 Å². The van der Waals surface area contributed by atoms with Gasteiger partial charge in [-0.05, 0) is 17.5 Å². The number of amides is 1. The van der Waals surface area contributed by atoms with Gasteiger partial charge in [0.15, 0.2) is 5.13 Å². The molecule has 0 spiro atoms. The molecule has 25 heavy (non-hydrogen) atoms. The van der Waals surface area contributed by atoms with Crippen LogP contribution in [-0.2, 0) is 17.4 Å². The van der Waals surface area contributed by atoms with E-state index in [0.717, 1.165) is 17.0 Å². The highest BCUT2D eigenvalue weighted by Gasteiger charge is 2.30. The van der Waals surface area contributed by atoms with Gasteiger partial charge in [0.05, 0.1) is 11.6 Å². The third-order valence-corrected chi connectivity index (χ3v) is 4.35. The van der Waals surface area contributed by atoms with Gasteiger partial charge in [0.1, 0.15) is 0 Å². The topological polar surface area (TPSA) is 68.0 Å². The molecule has 1 aromatic heterocycles. The molecule has 1 aromatic carbocycles. The largest absolute Gasteiger partial charge is 0.416 e. The molecule has 3 N–H and O–H groups in total. The average Bonchev–Trinajstić information content (AvgIpc) is 2.92. The fourth-order valence-corrected chi connectivity index (χ4v) is 2.85. The van der Waals surface area contributed by atoms with Crippen LogP contribution in [0.2, 0.25) is 0 Å². The lowest BCUT2D eigenvalue weighted by molar-refractivity contribution is -0.137. The second-order valence-corrected chi connectivity index (χ2v) is 6.88. The van der Waals surface area contributed by atoms with Crippen molar-refractivity contribution in [2.24, 2.45) is 11.7 Å². The molecule has 0 unspecified atom stereocenters. The molecule has 2 rings (SSSR count). The summed E-state index contributed by atoms with van der Waals surface area (Å²) in [5.74, 6) is -0.334. The predicted molar refractivity (Wildman–Crippen MR) is 95.1 cm³/mol. The maximum Gasteiger partial charge on any atom is 0.416 e. The minimum absolute atomic E-state index is 0. The Morgan fingerprint density at radius 2 is 2.04 bits per heavy atom. The molecule has 0 aliphatic rings. The molecule has 138 valence electrons. The molecular formula is C16H19ClF3N3OS. The lowest BCUT2D eigenvalue weighted by atomic mass is 10.1. The lowest BCUT2D eigenvalue weighted by Crippen LogP contribution is -2.39. The molecular weight excluding hydrogens is 375 g/mol. The van der Waals surface area contributed by atoms with Crippen molar-refractivity contribution in [1.29, 1.82) is 0 Å². The number of carbonyl (C=O) groups is 1. The number of nitrogens with one attached hydrogen (secondary N) is 1. The summed E-state index contributed by atoms with van der Waals surface area (Å²) >= 11 is 1.22. The number of nitrogens with zero attached hydrogens (tertiary/aromatic N) is 1. The normalized spacial score (nSPS) is 12.6. The molecule has 0 aliphatic heterocycles. The van der Waals surface area contributed by atoms with Crippen molar-refractivity contribution in [2.75, 3.05) is 5.32 Å². The summed E-state index contributed by atoms with van der Waals surface area (Å²) in [5.41, 5.74) is 5.61. The van der Waals surface area contributed by atoms with Gasteiger partial charge in [-0.1, -0.05) is 32.0 Å². The van der Waals surface area contributed by atoms with Gasteiger partial charge in [-0.3, -0.25) is 4.79 Å². The second kappa shape index (κ2) is 8.64. The molecule has 0 saturated heterocycles. The molecule has 0 saturated carbocycles. The number of halogens is 4. The Hall–Kier alpha value is -1.64. The van der Waals surface area contributed by atoms with Gasteiger partial charge in [-0.2, -0.15) is 13.2 Å². The van der Waals surface area contributed by atoms with E-state index in [4.69, 9.17) is 5.73 Å². The number of aromatic nitrogens is 1. The molecule has 1 heterocycles. The van der Waals surface area contributed by atoms with Crippen molar-refractivity contribution in [3.05, 3.63) is 46.5 Å². The van der Waals surface area contributed by atoms with Crippen LogP contribution in [0.3, 0.4) is 0 Å². The number of hydrogen-bond donors (Lipinski definition) is 2. The van der Waals surface area contributed by atoms with E-state index in [1.807, 2.05) is 13.8 Å². The highest BCUT2D eigenvalue weighted by Crippen LogP contribution is 2.30. The number of alkyl halides is 3. The number of rotatable bonds is 5. The van der Waals surface area contributed by atoms with E-state index < -0.39 is 17.8 Å². The Balaban J connectivity index is 0.00000312. The molecule has 1 amide bonds. The Morgan fingerprint density at radius 3 is 2.64 bits per heavy atom. The zero-order valence-electron chi connectivity index (χ0n) is 13.6. The molecule has 0 radical (unpaired) electrons. The molecule has 4 nitrogen and oxygen atoms in total. The van der Waals surface area contributed by atoms with Crippen molar-refractivity contribution < 1.29 is 18.0 Å². The lowest BCUT2D eigenvalue weighted by Gasteiger charge is -2.13. The summed E-state index contributed by atoms with van der Waals surface area (Å²) in [5, 5.41) is 3.02. The quantitative estimate of drug-likeness (QED) is 0.803. The van der Waals surface area contributed by atoms with Crippen molar-refractivity contribution in [3.63, 3.8) is 0 Å². The molecule has 1 atom stereocenters. The minimum atomic E-state index is -4.37. The van der Waals surface area contributed by atoms with Gasteiger partial charge in [-0.15, -0.1) is 23.7 Å². The Bertz CT molecular complexity index is 719. The van der Waals surface area contributed by atoms with Crippen LogP contribution in [0.1, 0.15) is 29.9 Å². The summed E-state index contributed by atoms with van der Waals surface area (Å²) in [7, 11) is 0. The first kappa shape index (κ1) is 21.4. The predicted octanol–water partition coefficient (Wildman–Crippen LogP) is 4.10. The number of anilines is 1. The van der Waals surface area contributed by atoms with E-state index in [9.17, 15) is 18.0 Å². The Kier molecular flexibility index (Phi) is 7.40. The van der Waals surface area contributed by atoms with Gasteiger partial charge in [-0.25, -0.2) is 4.98 Å². The van der Waals surface area contributed by atoms with Crippen LogP contribution in [0.5, 0.6) is 0 Å². The van der Waals surface area contributed by atoms with Gasteiger partial charge in [0, 0.05) is 17.5 Å². The van der Waals surface area contributed by atoms with Crippen LogP contribution >= 0.6 is 23.7 Å². The molecule has 0 bridgehead atoms. The zero-order valence-corrected chi connectivity index (χ0v) is 15.3. The first-order chi connectivity index (χ1) is 11.2. The maximum absolute atomic E-state index is 12.7. The van der Waals surface area contributed by atoms with Crippen LogP contribution in [0.15, 0.2) is 30.5 Å². The summed E-state index contributed by atoms with van der Waals surface area (Å²) in [6.07, 6.45) is -2.51. The number of hydrogen-bond acceptors (Lipinski definition) is 4. The Morgan fingerprint density at radius 1 is 1.36 bits per heavy atom. The maximum atomic E-state index is 12.7. The smallest absolute Gasteiger partial charge is 0.320 e. The van der Waals surface area contributed by atoms with Crippen LogP contribution in [0.25, 0.3) is 0 Å². The highest BCUT2D eigenvalue weighted by atomic mass is 35.5. The Labute approximate surface area is 154 Å². The van der Waals surface area contributed by atoms with Crippen molar-refractivity contribution in [2.45, 2.75) is 32.5 Å². The summed E-state index contributed by atoms with van der Waals surface area (Å²) < 4.78 is 38.2. The van der Waals surface area contributed by atoms with Crippen molar-refractivity contribution >= 4 is 34.8 Å². The van der Waals surface area contributed by atoms with Crippen LogP contribution in [0, 0.1) is 5.92 Å². The van der Waals surface area contributed by atoms with E-state index in [0.29, 0.717) is 17.1 Å². The number of nitrogens with two attached hydrogens (primary N) is 1. The van der Waals surface area contributed by atoms with Crippen molar-refractivity contribution in [1.82, 2.24) is 4.98 Å². The first-order valence-corrected chi connectivity index (χ1v) is 8.15. The summed E-state index contributed by atoms with van der Waals surface area (Å²) in [4.78, 5) is 16.7. The fourth-order valence-electron chi connectivity index (χ4n) is 2.00. The van der Waals surface area contributed by atoms with E-state index in [1.54, 1.807) is 12.3 Å². The van der Waals surface area contributed by atoms with Crippen LogP contribution < -0.4 is 11.1 Å². The number of thiazole rings is 1. The van der Waals surface area contributed by atoms with Crippen LogP contribution in [0.4, 0.5) is 18.3 Å². The van der Waals surface area contributed by atoms with E-state index in [-0.39, 0.29) is 24.2 Å². The van der Waals surface area contributed by atoms with Gasteiger partial charge < -0.3 is 11.1 Å². The van der Waals surface area contributed by atoms with E-state index in [2.05, 4.69) is 10.3 Å². The first-order valence-electron chi connectivity index (χ1n) is 7.34. The van der Waals surface area contributed by atoms with E-state index >= 15 is 0 Å². The standard InChI is InChI=1S/C16H18F3N3OS.ClH/c1-9(2)13(20)14(23)22-15-21-8-12(24-15)7-10-4-3-5-11(6-10)16(17,18)19;/h3-6,8-9,13H,7,20H2,1-2H3,(H,21,22,23);1H/t13-;/m0./s1. The highest BCUT2D eigenvalue weighted by molar-refractivity contribution is 7.15. The summed E-state index contributed by atoms with van der Waals surface area (Å²) in [6, 6.07) is 4.52. The third-order valence-electron chi connectivity index (χ3n) is 3.44. The van der Waals surface area contributed by atoms with Gasteiger partial charge >= 0.3 is 6.18 Å². The molecule has 0 aliphatic carbocycles. The number of carbonyl (C=O) groups excluding carboxylic acids is 1. The molecule has 2 aromatic rings. The second-order valence-electron chi connectivity index (χ2n) is 5.77. The summed E-state index contributed by atoms with van der Waals surface area (Å²) in [6.45, 7) is 3.68. The van der Waals surface area contributed by atoms with Gasteiger partial charge in [0.25, 0.3) is 0 Å². The number of benzene rings is 1. The van der Waals surface area contributed by atoms with Gasteiger partial charge in [0.2, 0.25) is 5.91 Å². The average molecular weight is 394 g/mol. The fraction of sp³-hybridized carbons (Fsp3) is 0.375. The monoisotopic (exact) mass is 393 g/mol. The molecule has 0 fully saturated rings.